The van der Waals surface area contributed by atoms with Crippen molar-refractivity contribution in [2.75, 3.05) is 61.5 Å². The molecule has 2 aliphatic rings. The Morgan fingerprint density at radius 3 is 2.15 bits per heavy atom. The summed E-state index contributed by atoms with van der Waals surface area (Å²) in [4.78, 5) is 32.6. The second kappa shape index (κ2) is 11.5. The first-order chi connectivity index (χ1) is 19.2. The Bertz CT molecular complexity index is 1380. The molecule has 10 heteroatoms. The number of carbonyl (C=O) groups excluding carboxylic acids is 2. The summed E-state index contributed by atoms with van der Waals surface area (Å²) >= 11 is 0. The number of anilines is 3. The molecule has 3 aromatic rings. The number of hydrogen-bond acceptors (Lipinski definition) is 5. The van der Waals surface area contributed by atoms with Gasteiger partial charge in [-0.3, -0.25) is 9.59 Å². The topological polar surface area (TPSA) is 65.1 Å². The zero-order chi connectivity index (χ0) is 28.3. The number of methoxy groups -OCH3 is 1. The van der Waals surface area contributed by atoms with E-state index >= 15 is 0 Å². The lowest BCUT2D eigenvalue weighted by atomic mass is 10.1. The van der Waals surface area contributed by atoms with Gasteiger partial charge in [0.05, 0.1) is 23.9 Å². The number of alkyl halides is 3. The number of hydrogen-bond donors (Lipinski definition) is 1. The van der Waals surface area contributed by atoms with E-state index in [1.54, 1.807) is 19.2 Å². The zero-order valence-corrected chi connectivity index (χ0v) is 22.2. The molecule has 2 saturated heterocycles. The van der Waals surface area contributed by atoms with Crippen LogP contribution in [0.2, 0.25) is 0 Å². The summed E-state index contributed by atoms with van der Waals surface area (Å²) in [6, 6.07) is 17.3. The van der Waals surface area contributed by atoms with Gasteiger partial charge in [0.25, 0.3) is 11.8 Å². The summed E-state index contributed by atoms with van der Waals surface area (Å²) in [7, 11) is 1.65. The third-order valence-corrected chi connectivity index (χ3v) is 7.38. The van der Waals surface area contributed by atoms with Gasteiger partial charge in [0.15, 0.2) is 0 Å². The van der Waals surface area contributed by atoms with Gasteiger partial charge in [-0.15, -0.1) is 0 Å². The predicted octanol–water partition coefficient (Wildman–Crippen LogP) is 5.53. The first-order valence-corrected chi connectivity index (χ1v) is 13.3. The van der Waals surface area contributed by atoms with E-state index in [4.69, 9.17) is 4.74 Å². The maximum absolute atomic E-state index is 13.6. The minimum atomic E-state index is -4.55. The van der Waals surface area contributed by atoms with Crippen molar-refractivity contribution in [3.63, 3.8) is 0 Å². The van der Waals surface area contributed by atoms with E-state index < -0.39 is 17.6 Å². The van der Waals surface area contributed by atoms with Crippen LogP contribution in [0.4, 0.5) is 30.2 Å². The Balaban J connectivity index is 1.38. The van der Waals surface area contributed by atoms with Crippen LogP contribution in [0, 0.1) is 0 Å². The molecule has 0 bridgehead atoms. The SMILES string of the molecule is COc1ccccc1N1CCN(c2ccc(NC(=O)c3cccc(C(F)(F)F)c3)cc2C(=O)N2CCCC2)CC1. The third-order valence-electron chi connectivity index (χ3n) is 7.38. The number of rotatable bonds is 6. The number of carbonyl (C=O) groups is 2. The van der Waals surface area contributed by atoms with Crippen LogP contribution < -0.4 is 19.9 Å². The highest BCUT2D eigenvalue weighted by atomic mass is 19.4. The molecule has 0 unspecified atom stereocenters. The summed E-state index contributed by atoms with van der Waals surface area (Å²) in [5, 5.41) is 2.68. The lowest BCUT2D eigenvalue weighted by Crippen LogP contribution is -2.47. The van der Waals surface area contributed by atoms with Gasteiger partial charge in [-0.25, -0.2) is 0 Å². The van der Waals surface area contributed by atoms with Gasteiger partial charge in [-0.05, 0) is 61.4 Å². The fourth-order valence-electron chi connectivity index (χ4n) is 5.27. The molecule has 5 rings (SSSR count). The minimum absolute atomic E-state index is 0.112. The van der Waals surface area contributed by atoms with Crippen molar-refractivity contribution in [3.8, 4) is 5.75 Å². The number of likely N-dealkylation sites (tertiary alicyclic amines) is 1. The Labute approximate surface area is 231 Å². The van der Waals surface area contributed by atoms with Crippen LogP contribution in [0.5, 0.6) is 5.75 Å². The smallest absolute Gasteiger partial charge is 0.416 e. The highest BCUT2D eigenvalue weighted by molar-refractivity contribution is 6.06. The molecule has 2 fully saturated rings. The number of benzene rings is 3. The molecule has 0 aliphatic carbocycles. The molecule has 3 aromatic carbocycles. The van der Waals surface area contributed by atoms with E-state index in [0.717, 1.165) is 55.2 Å². The molecule has 1 N–H and O–H groups in total. The summed E-state index contributed by atoms with van der Waals surface area (Å²) in [5.41, 5.74) is 1.60. The average Bonchev–Trinajstić information content (AvgIpc) is 3.52. The van der Waals surface area contributed by atoms with Gasteiger partial charge >= 0.3 is 6.18 Å². The number of halogens is 3. The average molecular weight is 553 g/mol. The Morgan fingerprint density at radius 2 is 1.48 bits per heavy atom. The van der Waals surface area contributed by atoms with Crippen LogP contribution in [-0.4, -0.2) is 63.1 Å². The van der Waals surface area contributed by atoms with Gasteiger partial charge in [0, 0.05) is 56.2 Å². The van der Waals surface area contributed by atoms with Crippen LogP contribution in [0.3, 0.4) is 0 Å². The van der Waals surface area contributed by atoms with Crippen LogP contribution in [0.15, 0.2) is 66.7 Å². The molecule has 2 aliphatic heterocycles. The highest BCUT2D eigenvalue weighted by Gasteiger charge is 2.31. The van der Waals surface area contributed by atoms with Gasteiger partial charge < -0.3 is 24.8 Å². The Morgan fingerprint density at radius 1 is 0.800 bits per heavy atom. The number of amides is 2. The molecular formula is C30H31F3N4O3. The maximum Gasteiger partial charge on any atom is 0.416 e. The van der Waals surface area contributed by atoms with E-state index in [2.05, 4.69) is 15.1 Å². The molecule has 0 radical (unpaired) electrons. The highest BCUT2D eigenvalue weighted by Crippen LogP contribution is 2.33. The summed E-state index contributed by atoms with van der Waals surface area (Å²) in [6.45, 7) is 4.14. The van der Waals surface area contributed by atoms with Crippen molar-refractivity contribution in [1.29, 1.82) is 0 Å². The molecule has 2 heterocycles. The summed E-state index contributed by atoms with van der Waals surface area (Å²) in [5.74, 6) is 0.0142. The molecule has 40 heavy (non-hydrogen) atoms. The van der Waals surface area contributed by atoms with E-state index in [-0.39, 0.29) is 11.5 Å². The zero-order valence-electron chi connectivity index (χ0n) is 22.2. The van der Waals surface area contributed by atoms with Crippen molar-refractivity contribution >= 4 is 28.9 Å². The standard InChI is InChI=1S/C30H31F3N4O3/c1-40-27-10-3-2-9-26(27)36-17-15-35(16-18-36)25-12-11-23(20-24(25)29(39)37-13-4-5-14-37)34-28(38)21-7-6-8-22(19-21)30(31,32)33/h2-3,6-12,19-20H,4-5,13-18H2,1H3,(H,34,38). The van der Waals surface area contributed by atoms with Crippen molar-refractivity contribution in [1.82, 2.24) is 4.90 Å². The molecule has 2 amide bonds. The normalized spacial score (nSPS) is 15.8. The summed E-state index contributed by atoms with van der Waals surface area (Å²) in [6.07, 6.45) is -2.68. The third kappa shape index (κ3) is 5.85. The van der Waals surface area contributed by atoms with E-state index in [0.29, 0.717) is 37.4 Å². The van der Waals surface area contributed by atoms with Crippen LogP contribution in [0.25, 0.3) is 0 Å². The predicted molar refractivity (Wildman–Crippen MR) is 148 cm³/mol. The first-order valence-electron chi connectivity index (χ1n) is 13.3. The molecule has 0 aromatic heterocycles. The largest absolute Gasteiger partial charge is 0.495 e. The van der Waals surface area contributed by atoms with Crippen molar-refractivity contribution < 1.29 is 27.5 Å². The van der Waals surface area contributed by atoms with Crippen LogP contribution >= 0.6 is 0 Å². The maximum atomic E-state index is 13.6. The monoisotopic (exact) mass is 552 g/mol. The Kier molecular flexibility index (Phi) is 7.86. The minimum Gasteiger partial charge on any atom is -0.495 e. The molecule has 0 atom stereocenters. The second-order valence-corrected chi connectivity index (χ2v) is 9.91. The van der Waals surface area contributed by atoms with Crippen molar-refractivity contribution in [2.45, 2.75) is 19.0 Å². The molecular weight excluding hydrogens is 521 g/mol. The number of nitrogens with one attached hydrogen (secondary N) is 1. The quantitative estimate of drug-likeness (QED) is 0.436. The number of para-hydroxylation sites is 2. The van der Waals surface area contributed by atoms with E-state index in [9.17, 15) is 22.8 Å². The second-order valence-electron chi connectivity index (χ2n) is 9.91. The molecule has 210 valence electrons. The first kappa shape index (κ1) is 27.4. The van der Waals surface area contributed by atoms with Crippen LogP contribution in [-0.2, 0) is 6.18 Å². The molecule has 0 saturated carbocycles. The van der Waals surface area contributed by atoms with Crippen molar-refractivity contribution in [3.05, 3.63) is 83.4 Å². The fraction of sp³-hybridized carbons (Fsp3) is 0.333. The van der Waals surface area contributed by atoms with E-state index in [1.165, 1.54) is 12.1 Å². The van der Waals surface area contributed by atoms with Crippen LogP contribution in [0.1, 0.15) is 39.1 Å². The molecule has 0 spiro atoms. The summed E-state index contributed by atoms with van der Waals surface area (Å²) < 4.78 is 44.9. The number of nitrogens with zero attached hydrogens (tertiary/aromatic N) is 3. The van der Waals surface area contributed by atoms with E-state index in [1.807, 2.05) is 35.2 Å². The van der Waals surface area contributed by atoms with Gasteiger partial charge in [0.2, 0.25) is 0 Å². The van der Waals surface area contributed by atoms with Gasteiger partial charge in [0.1, 0.15) is 5.75 Å². The lowest BCUT2D eigenvalue weighted by Gasteiger charge is -2.38. The van der Waals surface area contributed by atoms with Gasteiger partial charge in [-0.1, -0.05) is 18.2 Å². The fourth-order valence-corrected chi connectivity index (χ4v) is 5.27. The lowest BCUT2D eigenvalue weighted by molar-refractivity contribution is -0.137. The number of piperazine rings is 1. The molecule has 7 nitrogen and oxygen atoms in total. The van der Waals surface area contributed by atoms with Crippen molar-refractivity contribution in [2.24, 2.45) is 0 Å². The van der Waals surface area contributed by atoms with Gasteiger partial charge in [-0.2, -0.15) is 13.2 Å². The Hall–Kier alpha value is -4.21. The number of ether oxygens (including phenoxy) is 1.